The molecule has 2 atom stereocenters. The van der Waals surface area contributed by atoms with E-state index in [0.29, 0.717) is 42.8 Å². The second-order valence-corrected chi connectivity index (χ2v) is 11.6. The summed E-state index contributed by atoms with van der Waals surface area (Å²) in [5, 5.41) is 17.7. The van der Waals surface area contributed by atoms with Crippen molar-refractivity contribution < 1.29 is 18.6 Å². The van der Waals surface area contributed by atoms with Gasteiger partial charge in [0.15, 0.2) is 0 Å². The van der Waals surface area contributed by atoms with Gasteiger partial charge in [0.25, 0.3) is 0 Å². The van der Waals surface area contributed by atoms with Gasteiger partial charge in [-0.15, -0.1) is 12.4 Å². The Bertz CT molecular complexity index is 1420. The summed E-state index contributed by atoms with van der Waals surface area (Å²) in [5.74, 6) is 1.16. The van der Waals surface area contributed by atoms with Crippen LogP contribution in [0.3, 0.4) is 0 Å². The van der Waals surface area contributed by atoms with Crippen molar-refractivity contribution in [2.75, 3.05) is 36.8 Å². The van der Waals surface area contributed by atoms with E-state index in [2.05, 4.69) is 36.2 Å². The molecule has 3 N–H and O–H groups in total. The molecule has 236 valence electrons. The van der Waals surface area contributed by atoms with Crippen LogP contribution in [0.25, 0.3) is 22.8 Å². The molecule has 4 heterocycles. The monoisotopic (exact) mass is 624 g/mol. The number of rotatable bonds is 8. The first-order valence-electron chi connectivity index (χ1n) is 14.8. The van der Waals surface area contributed by atoms with Gasteiger partial charge in [0.05, 0.1) is 6.04 Å². The fraction of sp³-hybridized carbons (Fsp3) is 0.452. The van der Waals surface area contributed by atoms with Crippen LogP contribution in [-0.4, -0.2) is 75.1 Å². The standard InChI is InChI=1S/C18H24N4O3.C13H16N4O.ClH/c1-18(2,3)24-17(23)22-11-7-10-14(22)12-19-16-20-15(21-25-16)13-8-5-4-6-9-13;1-2-5-10(6-3-1)12-16-13(18-17-12)15-9-11-7-4-8-14-11;/h4-6,8-9,14H,7,10-12H2,1-3H3,(H,19,20,21);1-3,5-6,11,14H,4,7-9H2,(H,15,16,17);1H. The number of nitrogens with zero attached hydrogens (tertiary/aromatic N) is 5. The highest BCUT2D eigenvalue weighted by molar-refractivity contribution is 5.85. The van der Waals surface area contributed by atoms with Crippen molar-refractivity contribution in [2.24, 2.45) is 0 Å². The third kappa shape index (κ3) is 9.42. The molecule has 0 spiro atoms. The van der Waals surface area contributed by atoms with Gasteiger partial charge in [0.2, 0.25) is 11.6 Å². The number of nitrogens with one attached hydrogen (secondary N) is 3. The Morgan fingerprint density at radius 2 is 1.45 bits per heavy atom. The van der Waals surface area contributed by atoms with Gasteiger partial charge >= 0.3 is 18.1 Å². The zero-order chi connectivity index (χ0) is 30.1. The van der Waals surface area contributed by atoms with Gasteiger partial charge in [0.1, 0.15) is 5.60 Å². The van der Waals surface area contributed by atoms with Crippen molar-refractivity contribution in [1.29, 1.82) is 0 Å². The summed E-state index contributed by atoms with van der Waals surface area (Å²) in [6.45, 7) is 8.81. The number of aromatic nitrogens is 4. The molecule has 2 aliphatic heterocycles. The smallest absolute Gasteiger partial charge is 0.410 e. The van der Waals surface area contributed by atoms with E-state index in [4.69, 9.17) is 13.8 Å². The average Bonchev–Trinajstić information content (AvgIpc) is 3.83. The Morgan fingerprint density at radius 1 is 0.886 bits per heavy atom. The first-order valence-corrected chi connectivity index (χ1v) is 14.8. The number of hydrogen-bond acceptors (Lipinski definition) is 11. The third-order valence-electron chi connectivity index (χ3n) is 7.07. The highest BCUT2D eigenvalue weighted by Crippen LogP contribution is 2.22. The summed E-state index contributed by atoms with van der Waals surface area (Å²) in [6.07, 6.45) is 4.06. The molecule has 0 saturated carbocycles. The van der Waals surface area contributed by atoms with Crippen molar-refractivity contribution in [3.8, 4) is 22.8 Å². The Hall–Kier alpha value is -4.16. The normalized spacial score (nSPS) is 17.8. The summed E-state index contributed by atoms with van der Waals surface area (Å²) in [5.41, 5.74) is 1.37. The van der Waals surface area contributed by atoms with E-state index in [9.17, 15) is 4.79 Å². The zero-order valence-electron chi connectivity index (χ0n) is 25.4. The molecule has 2 saturated heterocycles. The van der Waals surface area contributed by atoms with E-state index in [1.165, 1.54) is 12.8 Å². The second-order valence-electron chi connectivity index (χ2n) is 11.6. The topological polar surface area (TPSA) is 143 Å². The molecule has 2 fully saturated rings. The molecule has 2 unspecified atom stereocenters. The number of benzene rings is 2. The molecule has 2 aliphatic rings. The van der Waals surface area contributed by atoms with Crippen LogP contribution in [0.2, 0.25) is 0 Å². The van der Waals surface area contributed by atoms with Crippen molar-refractivity contribution in [1.82, 2.24) is 30.5 Å². The van der Waals surface area contributed by atoms with E-state index in [0.717, 1.165) is 37.1 Å². The quantitative estimate of drug-likeness (QED) is 0.216. The van der Waals surface area contributed by atoms with Crippen LogP contribution in [0.5, 0.6) is 0 Å². The maximum atomic E-state index is 12.3. The molecule has 0 bridgehead atoms. The van der Waals surface area contributed by atoms with E-state index in [-0.39, 0.29) is 24.5 Å². The number of likely N-dealkylation sites (tertiary alicyclic amines) is 1. The Morgan fingerprint density at radius 3 is 1.98 bits per heavy atom. The van der Waals surface area contributed by atoms with Crippen LogP contribution in [0.1, 0.15) is 46.5 Å². The van der Waals surface area contributed by atoms with Gasteiger partial charge < -0.3 is 34.6 Å². The number of carbonyl (C=O) groups excluding carboxylic acids is 1. The van der Waals surface area contributed by atoms with Gasteiger partial charge in [-0.2, -0.15) is 9.97 Å². The first-order chi connectivity index (χ1) is 20.8. The fourth-order valence-corrected chi connectivity index (χ4v) is 4.95. The lowest BCUT2D eigenvalue weighted by atomic mass is 10.2. The van der Waals surface area contributed by atoms with Crippen LogP contribution >= 0.6 is 12.4 Å². The lowest BCUT2D eigenvalue weighted by Gasteiger charge is -2.28. The van der Waals surface area contributed by atoms with E-state index in [1.54, 1.807) is 4.90 Å². The molecule has 12 nitrogen and oxygen atoms in total. The van der Waals surface area contributed by atoms with Crippen LogP contribution in [0.4, 0.5) is 16.8 Å². The summed E-state index contributed by atoms with van der Waals surface area (Å²) < 4.78 is 15.9. The van der Waals surface area contributed by atoms with Gasteiger partial charge in [-0.25, -0.2) is 4.79 Å². The van der Waals surface area contributed by atoms with E-state index < -0.39 is 5.60 Å². The lowest BCUT2D eigenvalue weighted by molar-refractivity contribution is 0.0234. The number of anilines is 2. The summed E-state index contributed by atoms with van der Waals surface area (Å²) in [4.78, 5) is 22.7. The van der Waals surface area contributed by atoms with Crippen molar-refractivity contribution >= 4 is 30.5 Å². The summed E-state index contributed by atoms with van der Waals surface area (Å²) in [6, 6.07) is 20.9. The first kappa shape index (κ1) is 32.7. The molecule has 0 radical (unpaired) electrons. The van der Waals surface area contributed by atoms with Crippen molar-refractivity contribution in [2.45, 2.75) is 64.1 Å². The van der Waals surface area contributed by atoms with Gasteiger partial charge in [-0.1, -0.05) is 71.0 Å². The number of amides is 1. The van der Waals surface area contributed by atoms with E-state index in [1.807, 2.05) is 81.4 Å². The predicted molar refractivity (Wildman–Crippen MR) is 171 cm³/mol. The highest BCUT2D eigenvalue weighted by Gasteiger charge is 2.32. The molecule has 1 amide bonds. The second kappa shape index (κ2) is 15.5. The molecule has 2 aromatic heterocycles. The van der Waals surface area contributed by atoms with Crippen LogP contribution < -0.4 is 16.0 Å². The molecular formula is C31H41ClN8O4. The summed E-state index contributed by atoms with van der Waals surface area (Å²) in [7, 11) is 0. The van der Waals surface area contributed by atoms with Gasteiger partial charge in [-0.3, -0.25) is 0 Å². The summed E-state index contributed by atoms with van der Waals surface area (Å²) >= 11 is 0. The van der Waals surface area contributed by atoms with Crippen molar-refractivity contribution in [3.63, 3.8) is 0 Å². The minimum absolute atomic E-state index is 0. The number of carbonyl (C=O) groups is 1. The number of hydrogen-bond donors (Lipinski definition) is 3. The predicted octanol–water partition coefficient (Wildman–Crippen LogP) is 5.87. The van der Waals surface area contributed by atoms with E-state index >= 15 is 0 Å². The molecule has 13 heteroatoms. The molecule has 6 rings (SSSR count). The minimum Gasteiger partial charge on any atom is -0.444 e. The lowest BCUT2D eigenvalue weighted by Crippen LogP contribution is -2.42. The fourth-order valence-electron chi connectivity index (χ4n) is 4.95. The zero-order valence-corrected chi connectivity index (χ0v) is 26.2. The molecule has 4 aromatic rings. The average molecular weight is 625 g/mol. The Kier molecular flexibility index (Phi) is 11.6. The number of ether oxygens (including phenoxy) is 1. The Labute approximate surface area is 263 Å². The number of halogens is 1. The van der Waals surface area contributed by atoms with Crippen LogP contribution in [0.15, 0.2) is 69.7 Å². The highest BCUT2D eigenvalue weighted by atomic mass is 35.5. The molecule has 0 aliphatic carbocycles. The van der Waals surface area contributed by atoms with Gasteiger partial charge in [-0.05, 0) is 53.0 Å². The van der Waals surface area contributed by atoms with Gasteiger partial charge in [0, 0.05) is 36.8 Å². The maximum Gasteiger partial charge on any atom is 0.410 e. The van der Waals surface area contributed by atoms with Crippen molar-refractivity contribution in [3.05, 3.63) is 60.7 Å². The maximum absolute atomic E-state index is 12.3. The van der Waals surface area contributed by atoms with Crippen LogP contribution in [0, 0.1) is 0 Å². The molecule has 2 aromatic carbocycles. The minimum atomic E-state index is -0.491. The SMILES string of the molecule is CC(C)(C)OC(=O)N1CCCC1CNc1nc(-c2ccccc2)no1.Cl.c1ccc(-c2noc(NCC3CCCN3)n2)cc1. The molecule has 44 heavy (non-hydrogen) atoms. The Balaban J connectivity index is 0.000000206. The third-order valence-corrected chi connectivity index (χ3v) is 7.07. The molecular weight excluding hydrogens is 584 g/mol. The largest absolute Gasteiger partial charge is 0.444 e. The van der Waals surface area contributed by atoms with Crippen LogP contribution in [-0.2, 0) is 4.74 Å².